The molecule has 0 spiro atoms. The lowest BCUT2D eigenvalue weighted by Gasteiger charge is -2.22. The van der Waals surface area contributed by atoms with E-state index in [1.54, 1.807) is 36.4 Å². The van der Waals surface area contributed by atoms with E-state index in [0.717, 1.165) is 4.90 Å². The van der Waals surface area contributed by atoms with E-state index in [1.807, 2.05) is 0 Å². The molecule has 140 valence electrons. The lowest BCUT2D eigenvalue weighted by atomic mass is 10.0. The smallest absolute Gasteiger partial charge is 0.305 e. The van der Waals surface area contributed by atoms with Gasteiger partial charge in [0.1, 0.15) is 5.69 Å². The molecule has 0 atom stereocenters. The van der Waals surface area contributed by atoms with Crippen LogP contribution in [-0.2, 0) is 16.0 Å². The molecule has 0 N–H and O–H groups in total. The first-order valence-corrected chi connectivity index (χ1v) is 8.32. The molecule has 0 radical (unpaired) electrons. The maximum Gasteiger partial charge on any atom is 0.305 e. The summed E-state index contributed by atoms with van der Waals surface area (Å²) in [7, 11) is 4.21. The molecule has 0 saturated heterocycles. The Morgan fingerprint density at radius 2 is 1.56 bits per heavy atom. The molecule has 2 aromatic carbocycles. The van der Waals surface area contributed by atoms with Crippen molar-refractivity contribution < 1.29 is 28.6 Å². The molecular formula is C20H19NO6. The van der Waals surface area contributed by atoms with Crippen LogP contribution in [0.1, 0.15) is 32.7 Å². The highest BCUT2D eigenvalue weighted by atomic mass is 16.5. The maximum atomic E-state index is 12.9. The van der Waals surface area contributed by atoms with E-state index in [9.17, 15) is 14.4 Å². The third-order valence-corrected chi connectivity index (χ3v) is 4.45. The predicted octanol–water partition coefficient (Wildman–Crippen LogP) is 2.61. The SMILES string of the molecule is COC(=O)CCc1ccc(OC)c(OC)c1N1C(=O)c2ccccc2C1=O. The van der Waals surface area contributed by atoms with Crippen molar-refractivity contribution in [2.24, 2.45) is 0 Å². The molecule has 3 rings (SSSR count). The molecule has 0 aromatic heterocycles. The van der Waals surface area contributed by atoms with E-state index < -0.39 is 17.8 Å². The number of fused-ring (bicyclic) bond motifs is 1. The van der Waals surface area contributed by atoms with Gasteiger partial charge in [0.2, 0.25) is 0 Å². The summed E-state index contributed by atoms with van der Waals surface area (Å²) in [6.07, 6.45) is 0.373. The van der Waals surface area contributed by atoms with E-state index in [2.05, 4.69) is 4.74 Å². The lowest BCUT2D eigenvalue weighted by molar-refractivity contribution is -0.140. The molecular weight excluding hydrogens is 350 g/mol. The minimum atomic E-state index is -0.443. The highest BCUT2D eigenvalue weighted by molar-refractivity contribution is 6.35. The molecule has 0 aliphatic carbocycles. The fourth-order valence-corrected chi connectivity index (χ4v) is 3.13. The van der Waals surface area contributed by atoms with Crippen molar-refractivity contribution in [1.29, 1.82) is 0 Å². The molecule has 0 fully saturated rings. The van der Waals surface area contributed by atoms with Gasteiger partial charge in [0.15, 0.2) is 11.5 Å². The number of nitrogens with zero attached hydrogens (tertiary/aromatic N) is 1. The van der Waals surface area contributed by atoms with Gasteiger partial charge in [-0.3, -0.25) is 14.4 Å². The van der Waals surface area contributed by atoms with Gasteiger partial charge in [-0.2, -0.15) is 0 Å². The number of carbonyl (C=O) groups excluding carboxylic acids is 3. The van der Waals surface area contributed by atoms with Crippen LogP contribution < -0.4 is 14.4 Å². The Morgan fingerprint density at radius 3 is 2.07 bits per heavy atom. The number of hydrogen-bond donors (Lipinski definition) is 0. The quantitative estimate of drug-likeness (QED) is 0.575. The lowest BCUT2D eigenvalue weighted by Crippen LogP contribution is -2.31. The van der Waals surface area contributed by atoms with Crippen LogP contribution in [0.5, 0.6) is 11.5 Å². The molecule has 7 heteroatoms. The summed E-state index contributed by atoms with van der Waals surface area (Å²) in [4.78, 5) is 38.5. The Bertz CT molecular complexity index is 886. The average molecular weight is 369 g/mol. The number of benzene rings is 2. The number of amides is 2. The van der Waals surface area contributed by atoms with Crippen LogP contribution in [0.2, 0.25) is 0 Å². The molecule has 2 amide bonds. The second-order valence-corrected chi connectivity index (χ2v) is 5.88. The minimum absolute atomic E-state index is 0.0994. The first kappa shape index (κ1) is 18.4. The van der Waals surface area contributed by atoms with Gasteiger partial charge in [-0.25, -0.2) is 4.90 Å². The van der Waals surface area contributed by atoms with Gasteiger partial charge >= 0.3 is 5.97 Å². The predicted molar refractivity (Wildman–Crippen MR) is 97.5 cm³/mol. The number of carbonyl (C=O) groups is 3. The van der Waals surface area contributed by atoms with E-state index in [1.165, 1.54) is 21.3 Å². The molecule has 0 bridgehead atoms. The second-order valence-electron chi connectivity index (χ2n) is 5.88. The van der Waals surface area contributed by atoms with E-state index >= 15 is 0 Å². The van der Waals surface area contributed by atoms with E-state index in [4.69, 9.17) is 9.47 Å². The fourth-order valence-electron chi connectivity index (χ4n) is 3.13. The average Bonchev–Trinajstić information content (AvgIpc) is 2.95. The van der Waals surface area contributed by atoms with Crippen LogP contribution in [-0.4, -0.2) is 39.1 Å². The minimum Gasteiger partial charge on any atom is -0.493 e. The molecule has 1 aliphatic heterocycles. The van der Waals surface area contributed by atoms with Crippen molar-refractivity contribution in [3.63, 3.8) is 0 Å². The molecule has 7 nitrogen and oxygen atoms in total. The largest absolute Gasteiger partial charge is 0.493 e. The van der Waals surface area contributed by atoms with Crippen LogP contribution in [0.3, 0.4) is 0 Å². The van der Waals surface area contributed by atoms with Crippen molar-refractivity contribution >= 4 is 23.5 Å². The zero-order valence-corrected chi connectivity index (χ0v) is 15.3. The van der Waals surface area contributed by atoms with Crippen LogP contribution in [0, 0.1) is 0 Å². The van der Waals surface area contributed by atoms with Crippen molar-refractivity contribution in [1.82, 2.24) is 0 Å². The topological polar surface area (TPSA) is 82.1 Å². The first-order valence-electron chi connectivity index (χ1n) is 8.32. The van der Waals surface area contributed by atoms with Gasteiger partial charge in [0, 0.05) is 6.42 Å². The van der Waals surface area contributed by atoms with E-state index in [-0.39, 0.29) is 24.3 Å². The zero-order chi connectivity index (χ0) is 19.6. The number of hydrogen-bond acceptors (Lipinski definition) is 6. The van der Waals surface area contributed by atoms with Crippen molar-refractivity contribution in [3.8, 4) is 11.5 Å². The van der Waals surface area contributed by atoms with Gasteiger partial charge in [-0.05, 0) is 30.2 Å². The number of imide groups is 1. The molecule has 0 unspecified atom stereocenters. The van der Waals surface area contributed by atoms with Gasteiger partial charge in [-0.15, -0.1) is 0 Å². The number of anilines is 1. The van der Waals surface area contributed by atoms with E-state index in [0.29, 0.717) is 22.4 Å². The van der Waals surface area contributed by atoms with Crippen LogP contribution in [0.4, 0.5) is 5.69 Å². The second kappa shape index (κ2) is 7.49. The van der Waals surface area contributed by atoms with Crippen molar-refractivity contribution in [2.75, 3.05) is 26.2 Å². The summed E-state index contributed by atoms with van der Waals surface area (Å²) in [6, 6.07) is 10.0. The fraction of sp³-hybridized carbons (Fsp3) is 0.250. The van der Waals surface area contributed by atoms with Gasteiger partial charge in [-0.1, -0.05) is 18.2 Å². The summed E-state index contributed by atoms with van der Waals surface area (Å²) < 4.78 is 15.5. The molecule has 1 aliphatic rings. The zero-order valence-electron chi connectivity index (χ0n) is 15.3. The third kappa shape index (κ3) is 3.12. The number of ether oxygens (including phenoxy) is 3. The number of aryl methyl sites for hydroxylation is 1. The Hall–Kier alpha value is -3.35. The standard InChI is InChI=1S/C20H19NO6/c1-25-15-10-8-12(9-11-16(22)26-2)17(18(15)27-3)21-19(23)13-6-4-5-7-14(13)20(21)24/h4-8,10H,9,11H2,1-3H3. The number of methoxy groups -OCH3 is 3. The van der Waals surface area contributed by atoms with Crippen molar-refractivity contribution in [2.45, 2.75) is 12.8 Å². The molecule has 2 aromatic rings. The Labute approximate surface area is 156 Å². The Kier molecular flexibility index (Phi) is 5.12. The van der Waals surface area contributed by atoms with Crippen molar-refractivity contribution in [3.05, 3.63) is 53.1 Å². The molecule has 27 heavy (non-hydrogen) atoms. The summed E-state index contributed by atoms with van der Waals surface area (Å²) in [5.41, 5.74) is 1.54. The van der Waals surface area contributed by atoms with Crippen LogP contribution in [0.15, 0.2) is 36.4 Å². The Balaban J connectivity index is 2.14. The summed E-state index contributed by atoms with van der Waals surface area (Å²) >= 11 is 0. The number of esters is 1. The third-order valence-electron chi connectivity index (χ3n) is 4.45. The first-order chi connectivity index (χ1) is 13.0. The van der Waals surface area contributed by atoms with Gasteiger partial charge < -0.3 is 14.2 Å². The maximum absolute atomic E-state index is 12.9. The molecule has 0 saturated carbocycles. The monoisotopic (exact) mass is 369 g/mol. The molecule has 1 heterocycles. The normalized spacial score (nSPS) is 12.8. The summed E-state index contributed by atoms with van der Waals surface area (Å²) in [5.74, 6) is -0.638. The number of rotatable bonds is 6. The highest BCUT2D eigenvalue weighted by Gasteiger charge is 2.39. The summed E-state index contributed by atoms with van der Waals surface area (Å²) in [5, 5.41) is 0. The van der Waals surface area contributed by atoms with Crippen LogP contribution in [0.25, 0.3) is 0 Å². The van der Waals surface area contributed by atoms with Gasteiger partial charge in [0.05, 0.1) is 32.5 Å². The Morgan fingerprint density at radius 1 is 0.926 bits per heavy atom. The summed E-state index contributed by atoms with van der Waals surface area (Å²) in [6.45, 7) is 0. The van der Waals surface area contributed by atoms with Gasteiger partial charge in [0.25, 0.3) is 11.8 Å². The van der Waals surface area contributed by atoms with Crippen LogP contribution >= 0.6 is 0 Å². The highest BCUT2D eigenvalue weighted by Crippen LogP contribution is 2.43.